The molecule has 0 atom stereocenters. The highest BCUT2D eigenvalue weighted by atomic mass is 28.2. The summed E-state index contributed by atoms with van der Waals surface area (Å²) in [6.45, 7) is 0. The number of hydrogen-bond donors (Lipinski definition) is 0. The molecule has 1 heterocycles. The van der Waals surface area contributed by atoms with E-state index < -0.39 is 5.97 Å². The number of ether oxygens (including phenoxy) is 1. The third-order valence-corrected chi connectivity index (χ3v) is 0.965. The predicted molar refractivity (Wildman–Crippen MR) is 26.0 cm³/mol. The van der Waals surface area contributed by atoms with E-state index in [1.54, 1.807) is 0 Å². The van der Waals surface area contributed by atoms with Gasteiger partial charge >= 0.3 is 16.5 Å². The molecule has 0 aliphatic carbocycles. The molecule has 0 aromatic rings. The molecule has 0 unspecified atom stereocenters. The zero-order valence-corrected chi connectivity index (χ0v) is 5.21. The highest BCUT2D eigenvalue weighted by molar-refractivity contribution is 6.11. The summed E-state index contributed by atoms with van der Waals surface area (Å²) in [5.41, 5.74) is 0. The molecule has 1 aliphatic heterocycles. The second-order valence-electron chi connectivity index (χ2n) is 1.30. The lowest BCUT2D eigenvalue weighted by molar-refractivity contribution is -0.130. The van der Waals surface area contributed by atoms with Crippen LogP contribution < -0.4 is 0 Å². The second kappa shape index (κ2) is 2.02. The van der Waals surface area contributed by atoms with Crippen LogP contribution in [0.25, 0.3) is 0 Å². The first-order valence-corrected chi connectivity index (χ1v) is 2.45. The van der Waals surface area contributed by atoms with Crippen molar-refractivity contribution in [2.75, 3.05) is 0 Å². The fourth-order valence-corrected chi connectivity index (χ4v) is 0.443. The van der Waals surface area contributed by atoms with Gasteiger partial charge in [-0.05, 0) is 0 Å². The Labute approximate surface area is 54.0 Å². The molecule has 5 heteroatoms. The summed E-state index contributed by atoms with van der Waals surface area (Å²) in [4.78, 5) is 20.1. The molecule has 45 valence electrons. The number of carbonyl (C=O) groups is 2. The monoisotopic (exact) mass is 141 g/mol. The summed E-state index contributed by atoms with van der Waals surface area (Å²) < 4.78 is 8.41. The standard InChI is InChI=1S/C4HO4Si/c5-1-2-3(7-2)4(6)8-9/h1H. The fourth-order valence-electron chi connectivity index (χ4n) is 0.351. The number of allylic oxidation sites excluding steroid dienone is 1. The van der Waals surface area contributed by atoms with E-state index in [-0.39, 0.29) is 11.5 Å². The quantitative estimate of drug-likeness (QED) is 0.367. The third-order valence-electron chi connectivity index (χ3n) is 0.779. The number of hydrogen-bond acceptors (Lipinski definition) is 4. The van der Waals surface area contributed by atoms with Crippen LogP contribution in [0.5, 0.6) is 0 Å². The maximum absolute atomic E-state index is 10.3. The Hall–Kier alpha value is -1.10. The van der Waals surface area contributed by atoms with Crippen molar-refractivity contribution in [2.24, 2.45) is 0 Å². The zero-order chi connectivity index (χ0) is 6.85. The maximum atomic E-state index is 10.3. The van der Waals surface area contributed by atoms with Crippen molar-refractivity contribution in [3.8, 4) is 0 Å². The van der Waals surface area contributed by atoms with Crippen LogP contribution in [-0.2, 0) is 18.8 Å². The molecule has 0 saturated heterocycles. The third kappa shape index (κ3) is 0.994. The molecule has 0 saturated carbocycles. The minimum Gasteiger partial charge on any atom is -0.510 e. The predicted octanol–water partition coefficient (Wildman–Crippen LogP) is -0.946. The molecule has 0 N–H and O–H groups in total. The SMILES string of the molecule is O=CC1=C(C(=O)O[Si])O1. The van der Waals surface area contributed by atoms with Gasteiger partial charge in [0.25, 0.3) is 5.76 Å². The lowest BCUT2D eigenvalue weighted by Gasteiger charge is -1.83. The highest BCUT2D eigenvalue weighted by Gasteiger charge is 2.32. The van der Waals surface area contributed by atoms with E-state index in [9.17, 15) is 9.59 Å². The van der Waals surface area contributed by atoms with Crippen LogP contribution in [0.3, 0.4) is 0 Å². The first-order valence-electron chi connectivity index (χ1n) is 2.04. The summed E-state index contributed by atoms with van der Waals surface area (Å²) in [7, 11) is 2.48. The summed E-state index contributed by atoms with van der Waals surface area (Å²) in [5.74, 6) is -0.674. The van der Waals surface area contributed by atoms with Crippen LogP contribution in [-0.4, -0.2) is 22.7 Å². The molecule has 0 bridgehead atoms. The van der Waals surface area contributed by atoms with Crippen molar-refractivity contribution >= 4 is 22.7 Å². The van der Waals surface area contributed by atoms with Gasteiger partial charge in [-0.25, -0.2) is 4.79 Å². The second-order valence-corrected chi connectivity index (χ2v) is 1.51. The van der Waals surface area contributed by atoms with Crippen LogP contribution in [0.2, 0.25) is 0 Å². The van der Waals surface area contributed by atoms with E-state index in [2.05, 4.69) is 19.6 Å². The summed E-state index contributed by atoms with van der Waals surface area (Å²) in [5, 5.41) is 0. The number of aldehydes is 1. The maximum Gasteiger partial charge on any atom is 0.364 e. The molecule has 0 amide bonds. The summed E-state index contributed by atoms with van der Waals surface area (Å²) in [6.07, 6.45) is 0.443. The Kier molecular flexibility index (Phi) is 1.35. The van der Waals surface area contributed by atoms with Gasteiger partial charge in [-0.15, -0.1) is 0 Å². The Bertz CT molecular complexity index is 195. The van der Waals surface area contributed by atoms with E-state index in [1.807, 2.05) is 0 Å². The largest absolute Gasteiger partial charge is 0.510 e. The van der Waals surface area contributed by atoms with Crippen molar-refractivity contribution < 1.29 is 18.8 Å². The molecule has 0 spiro atoms. The molecule has 9 heavy (non-hydrogen) atoms. The molecule has 1 aliphatic rings. The van der Waals surface area contributed by atoms with Crippen LogP contribution in [0.1, 0.15) is 0 Å². The van der Waals surface area contributed by atoms with Gasteiger partial charge in [0.05, 0.1) is 0 Å². The van der Waals surface area contributed by atoms with Gasteiger partial charge in [0.1, 0.15) is 0 Å². The average molecular weight is 141 g/mol. The fraction of sp³-hybridized carbons (Fsp3) is 0. The molecule has 1 rings (SSSR count). The van der Waals surface area contributed by atoms with Crippen LogP contribution in [0.4, 0.5) is 0 Å². The average Bonchev–Trinajstić information content (AvgIpc) is 2.64. The summed E-state index contributed by atoms with van der Waals surface area (Å²) >= 11 is 0. The topological polar surface area (TPSA) is 55.9 Å². The van der Waals surface area contributed by atoms with Crippen molar-refractivity contribution in [1.82, 2.24) is 0 Å². The molecule has 3 radical (unpaired) electrons. The van der Waals surface area contributed by atoms with Gasteiger partial charge in [0.15, 0.2) is 6.29 Å². The Balaban J connectivity index is 2.58. The zero-order valence-electron chi connectivity index (χ0n) is 4.21. The van der Waals surface area contributed by atoms with Crippen molar-refractivity contribution in [3.05, 3.63) is 11.5 Å². The van der Waals surface area contributed by atoms with Gasteiger partial charge in [-0.1, -0.05) is 0 Å². The lowest BCUT2D eigenvalue weighted by atomic mass is 10.5. The molecule has 0 aromatic heterocycles. The minimum atomic E-state index is -0.686. The number of carbonyl (C=O) groups excluding carboxylic acids is 2. The van der Waals surface area contributed by atoms with Gasteiger partial charge < -0.3 is 9.16 Å². The van der Waals surface area contributed by atoms with Crippen LogP contribution in [0, 0.1) is 0 Å². The van der Waals surface area contributed by atoms with Crippen LogP contribution >= 0.6 is 0 Å². The Morgan fingerprint density at radius 3 is 2.78 bits per heavy atom. The van der Waals surface area contributed by atoms with E-state index in [1.165, 1.54) is 0 Å². The first-order chi connectivity index (χ1) is 4.29. The van der Waals surface area contributed by atoms with Crippen molar-refractivity contribution in [1.29, 1.82) is 0 Å². The first kappa shape index (κ1) is 6.02. The van der Waals surface area contributed by atoms with E-state index in [0.717, 1.165) is 0 Å². The summed E-state index contributed by atoms with van der Waals surface area (Å²) in [6, 6.07) is 0. The molecule has 0 aromatic carbocycles. The van der Waals surface area contributed by atoms with E-state index in [0.29, 0.717) is 6.29 Å². The normalized spacial score (nSPS) is 14.3. The molecule has 4 nitrogen and oxygen atoms in total. The highest BCUT2D eigenvalue weighted by Crippen LogP contribution is 2.23. The van der Waals surface area contributed by atoms with E-state index in [4.69, 9.17) is 0 Å². The molecular weight excluding hydrogens is 140 g/mol. The molecule has 0 fully saturated rings. The Morgan fingerprint density at radius 1 is 1.78 bits per heavy atom. The smallest absolute Gasteiger partial charge is 0.364 e. The number of rotatable bonds is 2. The Morgan fingerprint density at radius 2 is 2.44 bits per heavy atom. The lowest BCUT2D eigenvalue weighted by Crippen LogP contribution is -1.97. The van der Waals surface area contributed by atoms with Crippen molar-refractivity contribution in [2.45, 2.75) is 0 Å². The van der Waals surface area contributed by atoms with Gasteiger partial charge in [-0.2, -0.15) is 0 Å². The van der Waals surface area contributed by atoms with E-state index >= 15 is 0 Å². The van der Waals surface area contributed by atoms with Gasteiger partial charge in [-0.3, -0.25) is 4.79 Å². The minimum absolute atomic E-state index is 0.0278. The van der Waals surface area contributed by atoms with Crippen molar-refractivity contribution in [3.63, 3.8) is 0 Å². The van der Waals surface area contributed by atoms with Gasteiger partial charge in [0.2, 0.25) is 5.76 Å². The van der Waals surface area contributed by atoms with Crippen LogP contribution in [0.15, 0.2) is 11.5 Å². The molecular formula is C4HO4Si. The van der Waals surface area contributed by atoms with Gasteiger partial charge in [0, 0.05) is 0 Å².